The number of unbranched alkanes of at least 4 members (excludes halogenated alkanes) is 18. The summed E-state index contributed by atoms with van der Waals surface area (Å²) < 4.78 is 20.2. The van der Waals surface area contributed by atoms with Crippen LogP contribution in [0.2, 0.25) is 5.04 Å². The fourth-order valence-electron chi connectivity index (χ4n) is 8.84. The van der Waals surface area contributed by atoms with Gasteiger partial charge in [-0.3, -0.25) is 4.79 Å². The molecule has 1 fully saturated rings. The second kappa shape index (κ2) is 29.0. The number of rotatable bonds is 31. The predicted octanol–water partition coefficient (Wildman–Crippen LogP) is 14.1. The summed E-state index contributed by atoms with van der Waals surface area (Å²) in [7, 11) is -2.98. The van der Waals surface area contributed by atoms with Gasteiger partial charge < -0.3 is 19.2 Å². The van der Waals surface area contributed by atoms with Crippen molar-refractivity contribution in [3.8, 4) is 0 Å². The summed E-state index contributed by atoms with van der Waals surface area (Å²) in [4.78, 5) is 14.8. The molecule has 0 saturated carbocycles. The van der Waals surface area contributed by atoms with Gasteiger partial charge in [-0.05, 0) is 68.3 Å². The fraction of sp³-hybridized carbons (Fsp3) is 0.685. The lowest BCUT2D eigenvalue weighted by atomic mass is 10.0. The summed E-state index contributed by atoms with van der Waals surface area (Å²) >= 11 is 0. The van der Waals surface area contributed by atoms with Crippen LogP contribution in [0.4, 0.5) is 0 Å². The van der Waals surface area contributed by atoms with Gasteiger partial charge >= 0.3 is 0 Å². The zero-order chi connectivity index (χ0) is 43.5. The fourth-order valence-corrected chi connectivity index (χ4v) is 13.5. The Labute approximate surface area is 370 Å². The van der Waals surface area contributed by atoms with E-state index in [0.717, 1.165) is 25.7 Å². The van der Waals surface area contributed by atoms with Crippen molar-refractivity contribution in [3.05, 3.63) is 84.5 Å². The maximum atomic E-state index is 14.8. The molecule has 3 atom stereocenters. The van der Waals surface area contributed by atoms with Crippen molar-refractivity contribution >= 4 is 24.6 Å². The molecule has 338 valence electrons. The average molecular weight is 844 g/mol. The maximum Gasteiger partial charge on any atom is 0.262 e. The smallest absolute Gasteiger partial charge is 0.262 e. The van der Waals surface area contributed by atoms with Crippen LogP contribution in [0.3, 0.4) is 0 Å². The molecule has 60 heavy (non-hydrogen) atoms. The molecule has 1 amide bonds. The number of ether oxygens (including phenoxy) is 2. The van der Waals surface area contributed by atoms with Crippen LogP contribution in [0, 0.1) is 0 Å². The summed E-state index contributed by atoms with van der Waals surface area (Å²) in [6, 6.07) is 21.1. The standard InChI is InChI=1S/C54H89NO4Si/c1-9-11-13-15-17-18-19-20-21-23-25-35-44-51(59-60(53(4,5)6,47-39-31-27-32-40-47)48-41-33-28-34-42-48)52(56)55-49-45-57-54(7,8)58-50(49)43-36-26-30-38-46(3)37-29-24-22-16-14-12-10-2/h27-28,31-34,36,38-43,49-51H,9-26,29-30,35,37,44-45H2,1-8H3,(H,55,56)/t49-,50+,51+/m1/s1. The van der Waals surface area contributed by atoms with E-state index in [1.807, 2.05) is 13.8 Å². The summed E-state index contributed by atoms with van der Waals surface area (Å²) in [6.07, 6.45) is 34.4. The zero-order valence-electron chi connectivity index (χ0n) is 39.8. The van der Waals surface area contributed by atoms with E-state index in [1.165, 1.54) is 132 Å². The predicted molar refractivity (Wildman–Crippen MR) is 260 cm³/mol. The highest BCUT2D eigenvalue weighted by Gasteiger charge is 2.52. The van der Waals surface area contributed by atoms with Gasteiger partial charge in [0.2, 0.25) is 5.91 Å². The van der Waals surface area contributed by atoms with Gasteiger partial charge in [0.05, 0.1) is 12.6 Å². The van der Waals surface area contributed by atoms with Crippen LogP contribution in [0.5, 0.6) is 0 Å². The largest absolute Gasteiger partial charge is 0.395 e. The van der Waals surface area contributed by atoms with E-state index in [9.17, 15) is 4.79 Å². The van der Waals surface area contributed by atoms with Crippen molar-refractivity contribution in [1.29, 1.82) is 0 Å². The quantitative estimate of drug-likeness (QED) is 0.0467. The first kappa shape index (κ1) is 51.8. The minimum Gasteiger partial charge on any atom is -0.395 e. The van der Waals surface area contributed by atoms with Crippen molar-refractivity contribution in [3.63, 3.8) is 0 Å². The third-order valence-corrected chi connectivity index (χ3v) is 17.5. The van der Waals surface area contributed by atoms with Crippen LogP contribution in [0.15, 0.2) is 84.5 Å². The summed E-state index contributed by atoms with van der Waals surface area (Å²) in [6.45, 7) is 18.0. The van der Waals surface area contributed by atoms with E-state index < -0.39 is 20.2 Å². The molecule has 1 heterocycles. The molecular weight excluding hydrogens is 755 g/mol. The van der Waals surface area contributed by atoms with E-state index in [-0.39, 0.29) is 23.1 Å². The first-order valence-electron chi connectivity index (χ1n) is 24.7. The van der Waals surface area contributed by atoms with E-state index >= 15 is 0 Å². The molecule has 1 aliphatic rings. The van der Waals surface area contributed by atoms with E-state index in [0.29, 0.717) is 13.0 Å². The molecule has 6 heteroatoms. The van der Waals surface area contributed by atoms with Crippen molar-refractivity contribution in [2.24, 2.45) is 0 Å². The topological polar surface area (TPSA) is 56.8 Å². The molecule has 3 rings (SSSR count). The second-order valence-corrected chi connectivity index (χ2v) is 23.5. The SMILES string of the molecule is CCCCCCCCCCCCCC[C@H](O[Si](c1ccccc1)(c1ccccc1)C(C)(C)C)C(=O)N[C@@H]1COC(C)(C)O[C@H]1C=CCCC=C(C)CCCCCCCCC. The molecule has 0 bridgehead atoms. The van der Waals surface area contributed by atoms with E-state index in [1.54, 1.807) is 0 Å². The molecule has 1 N–H and O–H groups in total. The number of amides is 1. The van der Waals surface area contributed by atoms with Gasteiger partial charge in [0.25, 0.3) is 8.32 Å². The van der Waals surface area contributed by atoms with Crippen LogP contribution >= 0.6 is 0 Å². The molecule has 2 aromatic rings. The van der Waals surface area contributed by atoms with Gasteiger partial charge in [0, 0.05) is 0 Å². The summed E-state index contributed by atoms with van der Waals surface area (Å²) in [5.41, 5.74) is 1.49. The van der Waals surface area contributed by atoms with Gasteiger partial charge in [-0.25, -0.2) is 0 Å². The van der Waals surface area contributed by atoms with Crippen LogP contribution in [0.1, 0.15) is 203 Å². The maximum absolute atomic E-state index is 14.8. The van der Waals surface area contributed by atoms with Gasteiger partial charge in [-0.15, -0.1) is 0 Å². The van der Waals surface area contributed by atoms with E-state index in [2.05, 4.69) is 126 Å². The first-order valence-corrected chi connectivity index (χ1v) is 26.6. The highest BCUT2D eigenvalue weighted by molar-refractivity contribution is 6.99. The molecule has 1 aliphatic heterocycles. The Balaban J connectivity index is 1.73. The molecule has 1 saturated heterocycles. The Morgan fingerprint density at radius 3 is 1.73 bits per heavy atom. The lowest BCUT2D eigenvalue weighted by molar-refractivity contribution is -0.271. The molecule has 5 nitrogen and oxygen atoms in total. The normalized spacial score (nSPS) is 17.9. The molecule has 0 aromatic heterocycles. The minimum absolute atomic E-state index is 0.0645. The molecule has 0 radical (unpaired) electrons. The van der Waals surface area contributed by atoms with Crippen LogP contribution in [0.25, 0.3) is 0 Å². The van der Waals surface area contributed by atoms with Crippen molar-refractivity contribution in [2.45, 2.75) is 232 Å². The second-order valence-electron chi connectivity index (χ2n) is 19.3. The Hall–Kier alpha value is -2.51. The lowest BCUT2D eigenvalue weighted by Crippen LogP contribution is -2.69. The Bertz CT molecular complexity index is 1430. The highest BCUT2D eigenvalue weighted by atomic mass is 28.4. The number of carbonyl (C=O) groups excluding carboxylic acids is 1. The van der Waals surface area contributed by atoms with Crippen molar-refractivity contribution in [1.82, 2.24) is 5.32 Å². The van der Waals surface area contributed by atoms with Gasteiger partial charge in [-0.1, -0.05) is 235 Å². The van der Waals surface area contributed by atoms with Crippen molar-refractivity contribution in [2.75, 3.05) is 6.61 Å². The first-order chi connectivity index (χ1) is 28.9. The van der Waals surface area contributed by atoms with E-state index in [4.69, 9.17) is 13.9 Å². The number of hydrogen-bond acceptors (Lipinski definition) is 4. The molecule has 0 spiro atoms. The average Bonchev–Trinajstić information content (AvgIpc) is 3.22. The van der Waals surface area contributed by atoms with Crippen LogP contribution in [-0.4, -0.2) is 44.9 Å². The van der Waals surface area contributed by atoms with Crippen molar-refractivity contribution < 1.29 is 18.7 Å². The lowest BCUT2D eigenvalue weighted by Gasteiger charge is -2.45. The third-order valence-electron chi connectivity index (χ3n) is 12.4. The van der Waals surface area contributed by atoms with Crippen LogP contribution in [-0.2, 0) is 18.7 Å². The van der Waals surface area contributed by atoms with Gasteiger partial charge in [0.1, 0.15) is 12.2 Å². The number of hydrogen-bond donors (Lipinski definition) is 1. The third kappa shape index (κ3) is 18.8. The zero-order valence-corrected chi connectivity index (χ0v) is 40.8. The van der Waals surface area contributed by atoms with Crippen LogP contribution < -0.4 is 15.7 Å². The monoisotopic (exact) mass is 844 g/mol. The van der Waals surface area contributed by atoms with Gasteiger partial charge in [0.15, 0.2) is 5.79 Å². The molecule has 2 aromatic carbocycles. The Kier molecular flexibility index (Phi) is 25.0. The molecular formula is C54H89NO4Si. The molecule has 0 aliphatic carbocycles. The number of nitrogens with one attached hydrogen (secondary N) is 1. The highest BCUT2D eigenvalue weighted by Crippen LogP contribution is 2.38. The van der Waals surface area contributed by atoms with Gasteiger partial charge in [-0.2, -0.15) is 0 Å². The molecule has 0 unspecified atom stereocenters. The number of carbonyl (C=O) groups is 1. The minimum atomic E-state index is -2.98. The number of benzene rings is 2. The summed E-state index contributed by atoms with van der Waals surface area (Å²) in [5, 5.41) is 5.57. The Morgan fingerprint density at radius 2 is 1.23 bits per heavy atom. The number of allylic oxidation sites excluding steroid dienone is 3. The Morgan fingerprint density at radius 1 is 0.750 bits per heavy atom. The summed E-state index contributed by atoms with van der Waals surface area (Å²) in [5.74, 6) is -0.798.